The van der Waals surface area contributed by atoms with Crippen molar-refractivity contribution >= 4 is 67.6 Å². The summed E-state index contributed by atoms with van der Waals surface area (Å²) in [5.41, 5.74) is 17.4. The molecule has 12 heteroatoms. The molecule has 0 saturated carbocycles. The van der Waals surface area contributed by atoms with Crippen LogP contribution >= 0.6 is 45.3 Å². The molecule has 1 aliphatic heterocycles. The molecule has 48 heavy (non-hydrogen) atoms. The number of H-pyrrole nitrogens is 4. The zero-order valence-corrected chi connectivity index (χ0v) is 29.9. The van der Waals surface area contributed by atoms with Gasteiger partial charge in [-0.05, 0) is 48.5 Å². The molecule has 9 heterocycles. The van der Waals surface area contributed by atoms with Crippen LogP contribution in [-0.4, -0.2) is 19.9 Å². The molecule has 0 aromatic carbocycles. The van der Waals surface area contributed by atoms with Crippen LogP contribution in [0.2, 0.25) is 0 Å². The number of hydrogen-bond acceptors (Lipinski definition) is 4. The van der Waals surface area contributed by atoms with E-state index in [1.54, 1.807) is 45.3 Å². The van der Waals surface area contributed by atoms with Crippen molar-refractivity contribution in [3.05, 3.63) is 159 Å². The maximum absolute atomic E-state index is 3.86. The lowest BCUT2D eigenvalue weighted by Crippen LogP contribution is -2.24. The highest BCUT2D eigenvalue weighted by Crippen LogP contribution is 2.30. The van der Waals surface area contributed by atoms with Crippen LogP contribution < -0.4 is 39.7 Å². The summed E-state index contributed by atoms with van der Waals surface area (Å²) < 4.78 is 8.48. The SMILES string of the molecule is C[n+]1csc(C2=c3ccc([nH]3)=C(c3c[n+](C)cs3)c3ccc([nH]3)C(c3c[n+](C)cs3)=c3ccc([nH]3)=C(c3c[n+](C)cs3)c3ccc2[nH]3)c1. The Morgan fingerprint density at radius 1 is 0.354 bits per heavy atom. The molecule has 0 amide bonds. The molecule has 4 N–H and O–H groups in total. The van der Waals surface area contributed by atoms with E-state index < -0.39 is 0 Å². The van der Waals surface area contributed by atoms with Gasteiger partial charge >= 0.3 is 0 Å². The summed E-state index contributed by atoms with van der Waals surface area (Å²) in [4.78, 5) is 20.2. The Kier molecular flexibility index (Phi) is 6.94. The first-order valence-electron chi connectivity index (χ1n) is 15.4. The van der Waals surface area contributed by atoms with Gasteiger partial charge in [0.15, 0.2) is 24.8 Å². The van der Waals surface area contributed by atoms with E-state index in [9.17, 15) is 0 Å². The van der Waals surface area contributed by atoms with E-state index in [2.05, 4.69) is 162 Å². The number of aryl methyl sites for hydroxylation is 4. The fourth-order valence-electron chi connectivity index (χ4n) is 6.43. The number of fused-ring (bicyclic) bond motifs is 8. The predicted molar refractivity (Wildman–Crippen MR) is 190 cm³/mol. The zero-order valence-electron chi connectivity index (χ0n) is 26.7. The molecule has 0 spiro atoms. The highest BCUT2D eigenvalue weighted by Gasteiger charge is 2.23. The van der Waals surface area contributed by atoms with Gasteiger partial charge in [-0.3, -0.25) is 0 Å². The third-order valence-corrected chi connectivity index (χ3v) is 12.6. The predicted octanol–water partition coefficient (Wildman–Crippen LogP) is 1.85. The lowest BCUT2D eigenvalue weighted by atomic mass is 10.1. The van der Waals surface area contributed by atoms with E-state index in [0.29, 0.717) is 0 Å². The molecule has 0 atom stereocenters. The lowest BCUT2D eigenvalue weighted by molar-refractivity contribution is -0.666. The quantitative estimate of drug-likeness (QED) is 0.202. The second kappa shape index (κ2) is 11.4. The minimum atomic E-state index is 1.06. The van der Waals surface area contributed by atoms with Gasteiger partial charge in [-0.15, -0.1) is 0 Å². The number of nitrogens with zero attached hydrogens (tertiary/aromatic N) is 4. The molecule has 8 nitrogen and oxygen atoms in total. The first kappa shape index (κ1) is 29.3. The van der Waals surface area contributed by atoms with Crippen LogP contribution in [0.25, 0.3) is 22.3 Å². The van der Waals surface area contributed by atoms with Gasteiger partial charge in [-0.25, -0.2) is 0 Å². The second-order valence-corrected chi connectivity index (χ2v) is 15.7. The number of hydrogen-bond donors (Lipinski definition) is 4. The summed E-state index contributed by atoms with van der Waals surface area (Å²) in [7, 11) is 8.31. The van der Waals surface area contributed by atoms with Crippen LogP contribution in [0, 0.1) is 0 Å². The maximum atomic E-state index is 3.86. The fraction of sp³-hybridized carbons (Fsp3) is 0.111. The topological polar surface area (TPSA) is 78.7 Å². The van der Waals surface area contributed by atoms with Gasteiger partial charge in [-0.1, -0.05) is 45.3 Å². The number of rotatable bonds is 4. The molecule has 0 aliphatic carbocycles. The Labute approximate surface area is 291 Å². The smallest absolute Gasteiger partial charge is 0.225 e. The minimum Gasteiger partial charge on any atom is -0.354 e. The van der Waals surface area contributed by atoms with Crippen molar-refractivity contribution in [3.63, 3.8) is 0 Å². The van der Waals surface area contributed by atoms with E-state index >= 15 is 0 Å². The van der Waals surface area contributed by atoms with Gasteiger partial charge in [0.1, 0.15) is 47.7 Å². The van der Waals surface area contributed by atoms with Crippen molar-refractivity contribution in [3.8, 4) is 0 Å². The molecule has 236 valence electrons. The maximum Gasteiger partial charge on any atom is 0.225 e. The molecule has 0 radical (unpaired) electrons. The largest absolute Gasteiger partial charge is 0.354 e. The van der Waals surface area contributed by atoms with Crippen LogP contribution in [0.5, 0.6) is 0 Å². The van der Waals surface area contributed by atoms with Gasteiger partial charge in [-0.2, -0.15) is 18.3 Å². The Morgan fingerprint density at radius 2 is 0.604 bits per heavy atom. The third-order valence-electron chi connectivity index (χ3n) is 8.55. The molecule has 0 fully saturated rings. The Balaban J connectivity index is 1.44. The van der Waals surface area contributed by atoms with Crippen molar-refractivity contribution in [1.29, 1.82) is 0 Å². The Morgan fingerprint density at radius 3 is 0.812 bits per heavy atom. The highest BCUT2D eigenvalue weighted by molar-refractivity contribution is 7.11. The molecule has 8 aromatic rings. The van der Waals surface area contributed by atoms with Crippen molar-refractivity contribution in [2.45, 2.75) is 0 Å². The molecule has 0 unspecified atom stereocenters. The number of nitrogens with one attached hydrogen (secondary N) is 4. The highest BCUT2D eigenvalue weighted by atomic mass is 32.1. The summed E-state index contributed by atoms with van der Waals surface area (Å²) >= 11 is 6.96. The average molecular weight is 705 g/mol. The summed E-state index contributed by atoms with van der Waals surface area (Å²) in [5, 5.41) is 4.23. The first-order valence-corrected chi connectivity index (χ1v) is 18.9. The molecule has 9 rings (SSSR count). The van der Waals surface area contributed by atoms with Crippen LogP contribution in [0.1, 0.15) is 42.3 Å². The van der Waals surface area contributed by atoms with Gasteiger partial charge in [0.05, 0.1) is 0 Å². The summed E-state index contributed by atoms with van der Waals surface area (Å²) in [5.74, 6) is 0. The number of aromatic amines is 4. The Bertz CT molecular complexity index is 2380. The summed E-state index contributed by atoms with van der Waals surface area (Å²) in [6.45, 7) is 0. The fourth-order valence-corrected chi connectivity index (χ4v) is 10.0. The van der Waals surface area contributed by atoms with E-state index in [0.717, 1.165) is 66.5 Å². The second-order valence-electron chi connectivity index (χ2n) is 12.2. The van der Waals surface area contributed by atoms with Crippen LogP contribution in [0.4, 0.5) is 0 Å². The summed E-state index contributed by atoms with van der Waals surface area (Å²) in [6, 6.07) is 17.7. The van der Waals surface area contributed by atoms with Crippen LogP contribution in [0.15, 0.2) is 95.4 Å². The van der Waals surface area contributed by atoms with Gasteiger partial charge < -0.3 is 19.9 Å². The lowest BCUT2D eigenvalue weighted by Gasteiger charge is -2.05. The molecule has 8 bridgehead atoms. The first-order chi connectivity index (χ1) is 23.4. The van der Waals surface area contributed by atoms with Crippen molar-refractivity contribution in [2.75, 3.05) is 0 Å². The third kappa shape index (κ3) is 4.99. The summed E-state index contributed by atoms with van der Waals surface area (Å²) in [6.07, 6.45) is 8.79. The molecular formula is C36H32N8S4+4. The van der Waals surface area contributed by atoms with Gasteiger partial charge in [0.2, 0.25) is 22.0 Å². The molecule has 0 saturated heterocycles. The average Bonchev–Trinajstić information content (AvgIpc) is 3.89. The van der Waals surface area contributed by atoms with Crippen molar-refractivity contribution < 1.29 is 18.3 Å². The van der Waals surface area contributed by atoms with Crippen molar-refractivity contribution in [2.24, 2.45) is 28.2 Å². The number of aromatic nitrogens is 8. The van der Waals surface area contributed by atoms with Crippen LogP contribution in [-0.2, 0) is 28.2 Å². The van der Waals surface area contributed by atoms with E-state index in [4.69, 9.17) is 0 Å². The zero-order chi connectivity index (χ0) is 32.5. The minimum absolute atomic E-state index is 1.06. The Hall–Kier alpha value is -4.88. The molecule has 1 aliphatic rings. The van der Waals surface area contributed by atoms with E-state index in [1.165, 1.54) is 19.5 Å². The van der Waals surface area contributed by atoms with E-state index in [1.807, 2.05) is 0 Å². The normalized spacial score (nSPS) is 13.2. The van der Waals surface area contributed by atoms with Crippen molar-refractivity contribution in [1.82, 2.24) is 19.9 Å². The van der Waals surface area contributed by atoms with Gasteiger partial charge in [0.25, 0.3) is 0 Å². The van der Waals surface area contributed by atoms with Crippen LogP contribution in [0.3, 0.4) is 0 Å². The number of thiazole rings is 4. The van der Waals surface area contributed by atoms with E-state index in [-0.39, 0.29) is 0 Å². The molecule has 8 aromatic heterocycles. The molecular weight excluding hydrogens is 673 g/mol. The standard InChI is InChI=1S/C36H32N8S4/c1-41-13-29(45-17-41)33-21-5-7-23(37-21)34(30-14-42(2)18-46-30)25-9-11-27(39-25)36(32-16-44(4)20-48-32)28-12-10-26(40-28)35(24-8-6-22(33)38-24)31-15-43(3)19-47-31/h5-20,37-40H,1-4H3/q+4. The monoisotopic (exact) mass is 704 g/mol. The van der Waals surface area contributed by atoms with Gasteiger partial charge in [0, 0.05) is 66.5 Å².